The third-order valence-corrected chi connectivity index (χ3v) is 8.19. The normalized spacial score (nSPS) is 23.6. The lowest BCUT2D eigenvalue weighted by Gasteiger charge is -2.31. The molecule has 0 aromatic heterocycles. The zero-order chi connectivity index (χ0) is 10.9. The molecular formula is C11H13I2OP. The fourth-order valence-electron chi connectivity index (χ4n) is 1.88. The van der Waals surface area contributed by atoms with Crippen LogP contribution in [0.5, 0.6) is 0 Å². The minimum atomic E-state index is -2.06. The number of hydrogen-bond donors (Lipinski definition) is 0. The van der Waals surface area contributed by atoms with Crippen molar-refractivity contribution in [2.45, 2.75) is 14.3 Å². The van der Waals surface area contributed by atoms with E-state index in [2.05, 4.69) is 45.2 Å². The Bertz CT molecular complexity index is 375. The molecule has 1 aliphatic heterocycles. The van der Waals surface area contributed by atoms with Crippen LogP contribution in [0.4, 0.5) is 0 Å². The van der Waals surface area contributed by atoms with Crippen LogP contribution in [0.3, 0.4) is 0 Å². The molecule has 82 valence electrons. The topological polar surface area (TPSA) is 17.1 Å². The van der Waals surface area contributed by atoms with Gasteiger partial charge in [-0.05, 0) is 12.8 Å². The van der Waals surface area contributed by atoms with Gasteiger partial charge in [-0.2, -0.15) is 0 Å². The molecule has 1 nitrogen and oxygen atoms in total. The first-order valence-corrected chi connectivity index (χ1v) is 9.27. The summed E-state index contributed by atoms with van der Waals surface area (Å²) >= 11 is 4.99. The SMILES string of the molecule is O=P1(c2ccccc2)CCC(I)(I)CC1. The zero-order valence-corrected chi connectivity index (χ0v) is 13.5. The van der Waals surface area contributed by atoms with E-state index in [1.165, 1.54) is 0 Å². The predicted molar refractivity (Wildman–Crippen MR) is 83.4 cm³/mol. The molecule has 0 saturated carbocycles. The van der Waals surface area contributed by atoms with Crippen LogP contribution in [-0.4, -0.2) is 13.8 Å². The van der Waals surface area contributed by atoms with E-state index < -0.39 is 7.14 Å². The first kappa shape index (κ1) is 12.4. The van der Waals surface area contributed by atoms with Crippen molar-refractivity contribution >= 4 is 57.6 Å². The molecule has 0 spiro atoms. The van der Waals surface area contributed by atoms with E-state index in [1.807, 2.05) is 30.3 Å². The van der Waals surface area contributed by atoms with Crippen LogP contribution >= 0.6 is 52.3 Å². The van der Waals surface area contributed by atoms with Gasteiger partial charge in [0, 0.05) is 17.6 Å². The van der Waals surface area contributed by atoms with Crippen LogP contribution < -0.4 is 5.30 Å². The second-order valence-electron chi connectivity index (χ2n) is 4.03. The molecule has 0 N–H and O–H groups in total. The van der Waals surface area contributed by atoms with E-state index in [0.717, 1.165) is 30.5 Å². The highest BCUT2D eigenvalue weighted by Crippen LogP contribution is 2.55. The molecular weight excluding hydrogens is 433 g/mol. The van der Waals surface area contributed by atoms with Crippen molar-refractivity contribution in [2.75, 3.05) is 12.3 Å². The number of halogens is 2. The molecule has 1 fully saturated rings. The molecule has 1 heterocycles. The summed E-state index contributed by atoms with van der Waals surface area (Å²) < 4.78 is 13.0. The average molecular weight is 446 g/mol. The van der Waals surface area contributed by atoms with Crippen LogP contribution in [0.25, 0.3) is 0 Å². The monoisotopic (exact) mass is 446 g/mol. The Morgan fingerprint density at radius 1 is 1.07 bits per heavy atom. The zero-order valence-electron chi connectivity index (χ0n) is 8.33. The van der Waals surface area contributed by atoms with Crippen molar-refractivity contribution in [3.05, 3.63) is 30.3 Å². The van der Waals surface area contributed by atoms with Gasteiger partial charge in [-0.1, -0.05) is 75.5 Å². The van der Waals surface area contributed by atoms with Crippen LogP contribution in [0, 0.1) is 0 Å². The lowest BCUT2D eigenvalue weighted by Crippen LogP contribution is -2.25. The first-order chi connectivity index (χ1) is 7.02. The molecule has 2 rings (SSSR count). The van der Waals surface area contributed by atoms with Crippen LogP contribution in [0.1, 0.15) is 12.8 Å². The predicted octanol–water partition coefficient (Wildman–Crippen LogP) is 4.04. The van der Waals surface area contributed by atoms with Gasteiger partial charge in [-0.15, -0.1) is 0 Å². The van der Waals surface area contributed by atoms with Crippen molar-refractivity contribution in [2.24, 2.45) is 0 Å². The summed E-state index contributed by atoms with van der Waals surface area (Å²) in [4.78, 5) is 0. The second kappa shape index (κ2) is 4.65. The van der Waals surface area contributed by atoms with Gasteiger partial charge >= 0.3 is 0 Å². The maximum absolute atomic E-state index is 12.7. The Balaban J connectivity index is 2.21. The van der Waals surface area contributed by atoms with Gasteiger partial charge in [0.2, 0.25) is 0 Å². The highest BCUT2D eigenvalue weighted by atomic mass is 127. The quantitative estimate of drug-likeness (QED) is 0.362. The van der Waals surface area contributed by atoms with Crippen molar-refractivity contribution in [1.29, 1.82) is 0 Å². The molecule has 1 saturated heterocycles. The second-order valence-corrected chi connectivity index (χ2v) is 13.4. The molecule has 1 aliphatic rings. The summed E-state index contributed by atoms with van der Waals surface area (Å²) in [6.45, 7) is 0. The highest BCUT2D eigenvalue weighted by molar-refractivity contribution is 14.2. The van der Waals surface area contributed by atoms with Crippen LogP contribution in [0.2, 0.25) is 0 Å². The smallest absolute Gasteiger partial charge is 0.115 e. The largest absolute Gasteiger partial charge is 0.319 e. The summed E-state index contributed by atoms with van der Waals surface area (Å²) in [5, 5.41) is 1.08. The van der Waals surface area contributed by atoms with E-state index in [4.69, 9.17) is 0 Å². The summed E-state index contributed by atoms with van der Waals surface area (Å²) in [7, 11) is -2.06. The van der Waals surface area contributed by atoms with Crippen LogP contribution in [-0.2, 0) is 4.57 Å². The van der Waals surface area contributed by atoms with Gasteiger partial charge in [0.15, 0.2) is 0 Å². The molecule has 1 aromatic rings. The molecule has 0 aliphatic carbocycles. The minimum absolute atomic E-state index is 0.332. The van der Waals surface area contributed by atoms with Crippen molar-refractivity contribution < 1.29 is 4.57 Å². The number of benzene rings is 1. The fourth-order valence-corrected chi connectivity index (χ4v) is 7.61. The van der Waals surface area contributed by atoms with E-state index >= 15 is 0 Å². The lowest BCUT2D eigenvalue weighted by atomic mass is 10.3. The Hall–Kier alpha value is 0.910. The Labute approximate surface area is 118 Å². The summed E-state index contributed by atoms with van der Waals surface area (Å²) in [5.41, 5.74) is 0. The third kappa shape index (κ3) is 2.97. The van der Waals surface area contributed by atoms with E-state index in [-0.39, 0.29) is 0 Å². The fraction of sp³-hybridized carbons (Fsp3) is 0.455. The number of alkyl halides is 2. The van der Waals surface area contributed by atoms with Gasteiger partial charge in [0.25, 0.3) is 0 Å². The molecule has 0 atom stereocenters. The van der Waals surface area contributed by atoms with Gasteiger partial charge in [-0.25, -0.2) is 0 Å². The molecule has 15 heavy (non-hydrogen) atoms. The van der Waals surface area contributed by atoms with E-state index in [0.29, 0.717) is 1.43 Å². The van der Waals surface area contributed by atoms with Crippen molar-refractivity contribution in [1.82, 2.24) is 0 Å². The minimum Gasteiger partial charge on any atom is -0.319 e. The molecule has 4 heteroatoms. The van der Waals surface area contributed by atoms with Gasteiger partial charge < -0.3 is 4.57 Å². The number of rotatable bonds is 1. The molecule has 0 bridgehead atoms. The molecule has 0 radical (unpaired) electrons. The Morgan fingerprint density at radius 2 is 1.60 bits per heavy atom. The van der Waals surface area contributed by atoms with Gasteiger partial charge in [0.05, 0.1) is 1.43 Å². The third-order valence-electron chi connectivity index (χ3n) is 2.90. The van der Waals surface area contributed by atoms with Crippen molar-refractivity contribution in [3.8, 4) is 0 Å². The van der Waals surface area contributed by atoms with Gasteiger partial charge in [0.1, 0.15) is 7.14 Å². The molecule has 0 amide bonds. The summed E-state index contributed by atoms with van der Waals surface area (Å²) in [6.07, 6.45) is 3.90. The van der Waals surface area contributed by atoms with Crippen molar-refractivity contribution in [3.63, 3.8) is 0 Å². The highest BCUT2D eigenvalue weighted by Gasteiger charge is 2.37. The lowest BCUT2D eigenvalue weighted by molar-refractivity contribution is 0.569. The maximum Gasteiger partial charge on any atom is 0.115 e. The maximum atomic E-state index is 12.7. The first-order valence-electron chi connectivity index (χ1n) is 5.03. The van der Waals surface area contributed by atoms with E-state index in [1.54, 1.807) is 0 Å². The van der Waals surface area contributed by atoms with Crippen LogP contribution in [0.15, 0.2) is 30.3 Å². The standard InChI is InChI=1S/C11H13I2OP/c12-11(13)6-8-15(14,9-7-11)10-4-2-1-3-5-10/h1-5H,6-9H2. The Morgan fingerprint density at radius 3 is 2.13 bits per heavy atom. The molecule has 0 unspecified atom stereocenters. The number of hydrogen-bond acceptors (Lipinski definition) is 1. The summed E-state index contributed by atoms with van der Waals surface area (Å²) in [5.74, 6) is 0. The summed E-state index contributed by atoms with van der Waals surface area (Å²) in [6, 6.07) is 10.0. The Kier molecular flexibility index (Phi) is 3.83. The molecule has 1 aromatic carbocycles. The average Bonchev–Trinajstić information content (AvgIpc) is 2.24. The van der Waals surface area contributed by atoms with Gasteiger partial charge in [-0.3, -0.25) is 0 Å². The van der Waals surface area contributed by atoms with E-state index in [9.17, 15) is 4.57 Å².